The quantitative estimate of drug-likeness (QED) is 0.195. The summed E-state index contributed by atoms with van der Waals surface area (Å²) in [5.74, 6) is 0.781. The molecule has 1 saturated heterocycles. The number of methoxy groups -OCH3 is 1. The van der Waals surface area contributed by atoms with E-state index >= 15 is 0 Å². The van der Waals surface area contributed by atoms with E-state index in [2.05, 4.69) is 83.3 Å². The first-order valence-corrected chi connectivity index (χ1v) is 13.9. The summed E-state index contributed by atoms with van der Waals surface area (Å²) in [6, 6.07) is 20.4. The minimum absolute atomic E-state index is 0.0704. The fourth-order valence-electron chi connectivity index (χ4n) is 3.58. The van der Waals surface area contributed by atoms with E-state index in [-0.39, 0.29) is 5.91 Å². The number of aryl methyl sites for hydroxylation is 2. The molecule has 1 fully saturated rings. The monoisotopic (exact) mass is 694 g/mol. The summed E-state index contributed by atoms with van der Waals surface area (Å²) in [6.45, 7) is 4.25. The van der Waals surface area contributed by atoms with Crippen molar-refractivity contribution in [2.24, 2.45) is 4.99 Å². The maximum atomic E-state index is 13.6. The first-order valence-electron chi connectivity index (χ1n) is 11.0. The average Bonchev–Trinajstić information content (AvgIpc) is 3.13. The van der Waals surface area contributed by atoms with Crippen LogP contribution in [-0.2, 0) is 17.6 Å². The Morgan fingerprint density at radius 2 is 1.50 bits per heavy atom. The minimum atomic E-state index is -0.0704. The van der Waals surface area contributed by atoms with Crippen LogP contribution in [0.3, 0.4) is 0 Å². The van der Waals surface area contributed by atoms with E-state index in [1.54, 1.807) is 12.0 Å². The van der Waals surface area contributed by atoms with Gasteiger partial charge in [0.25, 0.3) is 5.91 Å². The van der Waals surface area contributed by atoms with Gasteiger partial charge in [0.15, 0.2) is 5.17 Å². The van der Waals surface area contributed by atoms with E-state index in [0.717, 1.165) is 42.7 Å². The van der Waals surface area contributed by atoms with Crippen molar-refractivity contribution in [2.75, 3.05) is 12.0 Å². The highest BCUT2D eigenvalue weighted by molar-refractivity contribution is 14.1. The van der Waals surface area contributed by atoms with Crippen molar-refractivity contribution >= 4 is 85.5 Å². The predicted molar refractivity (Wildman–Crippen MR) is 160 cm³/mol. The smallest absolute Gasteiger partial charge is 0.271 e. The molecule has 4 rings (SSSR count). The number of hydrogen-bond acceptors (Lipinski definition) is 4. The normalized spacial score (nSPS) is 16.0. The molecule has 0 aromatic heterocycles. The third kappa shape index (κ3) is 5.52. The maximum Gasteiger partial charge on any atom is 0.271 e. The summed E-state index contributed by atoms with van der Waals surface area (Å²) >= 11 is 5.93. The Morgan fingerprint density at radius 1 is 0.941 bits per heavy atom. The summed E-state index contributed by atoms with van der Waals surface area (Å²) in [7, 11) is 1.67. The van der Waals surface area contributed by atoms with Crippen molar-refractivity contribution in [3.63, 3.8) is 0 Å². The largest absolute Gasteiger partial charge is 0.495 e. The third-order valence-corrected chi connectivity index (χ3v) is 8.07. The Kier molecular flexibility index (Phi) is 8.36. The van der Waals surface area contributed by atoms with Crippen LogP contribution >= 0.6 is 56.9 Å². The van der Waals surface area contributed by atoms with Crippen LogP contribution in [0.2, 0.25) is 0 Å². The fourth-order valence-corrected chi connectivity index (χ4v) is 6.84. The second kappa shape index (κ2) is 11.3. The molecule has 0 radical (unpaired) electrons. The van der Waals surface area contributed by atoms with E-state index in [1.165, 1.54) is 22.9 Å². The first kappa shape index (κ1) is 25.2. The number of carbonyl (C=O) groups excluding carboxylic acids is 1. The molecule has 1 aliphatic heterocycles. The number of amidine groups is 1. The molecule has 3 aromatic carbocycles. The van der Waals surface area contributed by atoms with Crippen molar-refractivity contribution in [1.29, 1.82) is 0 Å². The van der Waals surface area contributed by atoms with Gasteiger partial charge in [-0.2, -0.15) is 0 Å². The summed E-state index contributed by atoms with van der Waals surface area (Å²) in [5.41, 5.74) is 5.10. The third-order valence-electron chi connectivity index (χ3n) is 5.50. The van der Waals surface area contributed by atoms with Crippen molar-refractivity contribution in [3.8, 4) is 5.75 Å². The van der Waals surface area contributed by atoms with Crippen LogP contribution < -0.4 is 9.64 Å². The zero-order valence-electron chi connectivity index (χ0n) is 19.1. The van der Waals surface area contributed by atoms with Crippen LogP contribution in [0.4, 0.5) is 11.4 Å². The Bertz CT molecular complexity index is 1250. The molecule has 174 valence electrons. The number of carbonyl (C=O) groups is 1. The zero-order valence-corrected chi connectivity index (χ0v) is 24.3. The van der Waals surface area contributed by atoms with Gasteiger partial charge in [0, 0.05) is 0 Å². The average molecular weight is 694 g/mol. The molecule has 0 N–H and O–H groups in total. The summed E-state index contributed by atoms with van der Waals surface area (Å²) in [4.78, 5) is 20.8. The molecule has 3 aromatic rings. The number of aliphatic imine (C=N–C) groups is 1. The lowest BCUT2D eigenvalue weighted by Crippen LogP contribution is -2.28. The van der Waals surface area contributed by atoms with Gasteiger partial charge in [0.1, 0.15) is 5.75 Å². The van der Waals surface area contributed by atoms with E-state index < -0.39 is 0 Å². The number of halogens is 2. The van der Waals surface area contributed by atoms with Crippen molar-refractivity contribution in [3.05, 3.63) is 89.4 Å². The van der Waals surface area contributed by atoms with Gasteiger partial charge in [0.2, 0.25) is 0 Å². The topological polar surface area (TPSA) is 41.9 Å². The van der Waals surface area contributed by atoms with Gasteiger partial charge in [-0.25, -0.2) is 4.99 Å². The number of thioether (sulfide) groups is 1. The Balaban J connectivity index is 1.76. The lowest BCUT2D eigenvalue weighted by atomic mass is 10.1. The number of ether oxygens (including phenoxy) is 1. The van der Waals surface area contributed by atoms with Crippen LogP contribution in [-0.4, -0.2) is 18.2 Å². The second-order valence-electron chi connectivity index (χ2n) is 7.70. The van der Waals surface area contributed by atoms with Crippen molar-refractivity contribution in [1.82, 2.24) is 0 Å². The molecule has 0 bridgehead atoms. The SMILES string of the molecule is CCc1ccc(N=C2S/C(=C\c3cc(I)c(OC)c(I)c3)C(=O)N2c2ccc(CC)cc2)cc1. The molecule has 0 atom stereocenters. The van der Waals surface area contributed by atoms with Gasteiger partial charge in [-0.1, -0.05) is 38.1 Å². The molecular formula is C27H24I2N2O2S. The molecule has 0 unspecified atom stereocenters. The highest BCUT2D eigenvalue weighted by Gasteiger charge is 2.34. The van der Waals surface area contributed by atoms with Gasteiger partial charge in [-0.3, -0.25) is 9.69 Å². The standard InChI is InChI=1S/C27H24I2N2O2S/c1-4-17-6-10-20(11-7-17)30-27-31(21-12-8-18(5-2)9-13-21)26(32)24(34-27)16-19-14-22(28)25(33-3)23(29)15-19/h6-16H,4-5H2,1-3H3/b24-16-,30-27?. The second-order valence-corrected chi connectivity index (χ2v) is 11.0. The molecule has 34 heavy (non-hydrogen) atoms. The van der Waals surface area contributed by atoms with Crippen LogP contribution in [0, 0.1) is 7.14 Å². The van der Waals surface area contributed by atoms with Gasteiger partial charge in [-0.05, 0) is 129 Å². The predicted octanol–water partition coefficient (Wildman–Crippen LogP) is 7.84. The molecule has 1 aliphatic rings. The molecule has 1 amide bonds. The lowest BCUT2D eigenvalue weighted by molar-refractivity contribution is -0.113. The number of benzene rings is 3. The number of amides is 1. The number of rotatable bonds is 6. The van der Waals surface area contributed by atoms with Gasteiger partial charge in [0.05, 0.1) is 30.5 Å². The lowest BCUT2D eigenvalue weighted by Gasteiger charge is -2.16. The summed E-state index contributed by atoms with van der Waals surface area (Å²) in [5, 5.41) is 0.655. The van der Waals surface area contributed by atoms with Crippen LogP contribution in [0.5, 0.6) is 5.75 Å². The highest BCUT2D eigenvalue weighted by atomic mass is 127. The Morgan fingerprint density at radius 3 is 2.03 bits per heavy atom. The van der Waals surface area contributed by atoms with Crippen LogP contribution in [0.25, 0.3) is 6.08 Å². The Hall–Kier alpha value is -1.85. The highest BCUT2D eigenvalue weighted by Crippen LogP contribution is 2.38. The number of anilines is 1. The molecule has 4 nitrogen and oxygen atoms in total. The maximum absolute atomic E-state index is 13.6. The van der Waals surface area contributed by atoms with E-state index in [0.29, 0.717) is 10.1 Å². The van der Waals surface area contributed by atoms with Crippen molar-refractivity contribution < 1.29 is 9.53 Å². The molecule has 0 aliphatic carbocycles. The van der Waals surface area contributed by atoms with E-state index in [9.17, 15) is 4.79 Å². The van der Waals surface area contributed by atoms with Crippen LogP contribution in [0.15, 0.2) is 70.6 Å². The molecular weight excluding hydrogens is 670 g/mol. The van der Waals surface area contributed by atoms with Crippen LogP contribution in [0.1, 0.15) is 30.5 Å². The van der Waals surface area contributed by atoms with Gasteiger partial charge >= 0.3 is 0 Å². The molecule has 0 saturated carbocycles. The summed E-state index contributed by atoms with van der Waals surface area (Å²) in [6.07, 6.45) is 3.87. The minimum Gasteiger partial charge on any atom is -0.495 e. The number of hydrogen-bond donors (Lipinski definition) is 0. The fraction of sp³-hybridized carbons (Fsp3) is 0.185. The molecule has 7 heteroatoms. The summed E-state index contributed by atoms with van der Waals surface area (Å²) < 4.78 is 7.49. The zero-order chi connectivity index (χ0) is 24.2. The first-order chi connectivity index (χ1) is 16.4. The van der Waals surface area contributed by atoms with E-state index in [4.69, 9.17) is 9.73 Å². The molecule has 1 heterocycles. The Labute approximate surface area is 232 Å². The number of nitrogens with zero attached hydrogens (tertiary/aromatic N) is 2. The van der Waals surface area contributed by atoms with Gasteiger partial charge in [-0.15, -0.1) is 0 Å². The van der Waals surface area contributed by atoms with Crippen molar-refractivity contribution in [2.45, 2.75) is 26.7 Å². The van der Waals surface area contributed by atoms with E-state index in [1.807, 2.05) is 42.5 Å². The van der Waals surface area contributed by atoms with Gasteiger partial charge < -0.3 is 4.74 Å². The molecule has 0 spiro atoms.